The highest BCUT2D eigenvalue weighted by Gasteiger charge is 2.52. The highest BCUT2D eigenvalue weighted by atomic mass is 15.2. The van der Waals surface area contributed by atoms with Crippen LogP contribution < -0.4 is 5.73 Å². The lowest BCUT2D eigenvalue weighted by Gasteiger charge is -2.57. The Bertz CT molecular complexity index is 692. The van der Waals surface area contributed by atoms with Crippen LogP contribution in [0.25, 0.3) is 11.0 Å². The summed E-state index contributed by atoms with van der Waals surface area (Å²) in [7, 11) is 0. The minimum absolute atomic E-state index is 0.264. The Morgan fingerprint density at radius 1 is 1.10 bits per heavy atom. The molecule has 0 radical (unpaired) electrons. The fraction of sp³-hybridized carbons (Fsp3) is 0.611. The van der Waals surface area contributed by atoms with Crippen molar-refractivity contribution in [1.82, 2.24) is 9.55 Å². The van der Waals surface area contributed by atoms with Gasteiger partial charge in [-0.3, -0.25) is 0 Å². The third kappa shape index (κ3) is 1.52. The molecule has 0 aliphatic heterocycles. The smallest absolute Gasteiger partial charge is 0.201 e. The Hall–Kier alpha value is -1.51. The van der Waals surface area contributed by atoms with Crippen LogP contribution in [0.4, 0.5) is 5.95 Å². The minimum atomic E-state index is 0.264. The number of imidazole rings is 1. The van der Waals surface area contributed by atoms with Crippen LogP contribution in [0, 0.1) is 24.7 Å². The van der Waals surface area contributed by atoms with Crippen molar-refractivity contribution in [1.29, 1.82) is 0 Å². The van der Waals surface area contributed by atoms with Crippen LogP contribution in [0.1, 0.15) is 44.1 Å². The average molecular weight is 281 g/mol. The van der Waals surface area contributed by atoms with Crippen molar-refractivity contribution in [3.05, 3.63) is 23.8 Å². The molecule has 1 heterocycles. The Kier molecular flexibility index (Phi) is 2.20. The maximum absolute atomic E-state index is 6.40. The number of hydrogen-bond acceptors (Lipinski definition) is 2. The van der Waals surface area contributed by atoms with Crippen molar-refractivity contribution in [2.24, 2.45) is 17.8 Å². The van der Waals surface area contributed by atoms with E-state index in [-0.39, 0.29) is 5.54 Å². The quantitative estimate of drug-likeness (QED) is 0.862. The molecular formula is C18H23N3. The van der Waals surface area contributed by atoms with E-state index in [0.29, 0.717) is 0 Å². The number of aryl methyl sites for hydroxylation is 1. The second-order valence-corrected chi connectivity index (χ2v) is 7.89. The number of benzene rings is 1. The molecule has 1 aromatic heterocycles. The van der Waals surface area contributed by atoms with Gasteiger partial charge in [0.1, 0.15) is 0 Å². The van der Waals surface area contributed by atoms with Crippen molar-refractivity contribution < 1.29 is 0 Å². The molecule has 6 rings (SSSR count). The predicted molar refractivity (Wildman–Crippen MR) is 85.0 cm³/mol. The first-order valence-electron chi connectivity index (χ1n) is 8.39. The van der Waals surface area contributed by atoms with Gasteiger partial charge in [0.15, 0.2) is 0 Å². The van der Waals surface area contributed by atoms with Crippen molar-refractivity contribution in [2.45, 2.75) is 51.0 Å². The van der Waals surface area contributed by atoms with Crippen LogP contribution in [-0.2, 0) is 5.54 Å². The van der Waals surface area contributed by atoms with Crippen LogP contribution in [-0.4, -0.2) is 9.55 Å². The second-order valence-electron chi connectivity index (χ2n) is 7.89. The Morgan fingerprint density at radius 2 is 1.71 bits per heavy atom. The van der Waals surface area contributed by atoms with Gasteiger partial charge in [0.2, 0.25) is 5.95 Å². The van der Waals surface area contributed by atoms with Gasteiger partial charge in [0.25, 0.3) is 0 Å². The highest BCUT2D eigenvalue weighted by molar-refractivity contribution is 5.82. The standard InChI is InChI=1S/C18H23N3/c1-11-3-2-4-15-16(11)21(17(19)20-15)18-8-12-5-13(9-18)7-14(6-12)10-18/h2-4,12-14H,5-10H2,1H3,(H2,19,20). The molecule has 4 saturated carbocycles. The molecule has 2 aromatic rings. The summed E-state index contributed by atoms with van der Waals surface area (Å²) in [6, 6.07) is 6.39. The maximum Gasteiger partial charge on any atom is 0.201 e. The largest absolute Gasteiger partial charge is 0.369 e. The van der Waals surface area contributed by atoms with Gasteiger partial charge < -0.3 is 10.3 Å². The molecule has 3 heteroatoms. The van der Waals surface area contributed by atoms with Crippen LogP contribution in [0.3, 0.4) is 0 Å². The Morgan fingerprint density at radius 3 is 2.33 bits per heavy atom. The fourth-order valence-electron chi connectivity index (χ4n) is 6.13. The SMILES string of the molecule is Cc1cccc2nc(N)n(C34CC5CC(CC(C5)C3)C4)c12. The summed E-state index contributed by atoms with van der Waals surface area (Å²) in [6.07, 6.45) is 8.36. The molecule has 0 spiro atoms. The summed E-state index contributed by atoms with van der Waals surface area (Å²) in [5, 5.41) is 0. The van der Waals surface area contributed by atoms with E-state index in [1.54, 1.807) is 0 Å². The minimum Gasteiger partial charge on any atom is -0.369 e. The molecule has 1 aromatic carbocycles. The molecule has 4 aliphatic carbocycles. The summed E-state index contributed by atoms with van der Waals surface area (Å²) in [5.41, 5.74) is 10.3. The van der Waals surface area contributed by atoms with Gasteiger partial charge in [-0.15, -0.1) is 0 Å². The van der Waals surface area contributed by atoms with Gasteiger partial charge in [0.05, 0.1) is 11.0 Å². The van der Waals surface area contributed by atoms with Gasteiger partial charge in [-0.2, -0.15) is 0 Å². The fourth-order valence-corrected chi connectivity index (χ4v) is 6.13. The summed E-state index contributed by atoms with van der Waals surface area (Å²) in [5.74, 6) is 3.52. The number of hydrogen-bond donors (Lipinski definition) is 1. The number of nitrogens with two attached hydrogens (primary N) is 1. The van der Waals surface area contributed by atoms with Crippen molar-refractivity contribution in [3.8, 4) is 0 Å². The molecular weight excluding hydrogens is 258 g/mol. The summed E-state index contributed by atoms with van der Waals surface area (Å²) >= 11 is 0. The molecule has 4 aliphatic rings. The number of rotatable bonds is 1. The van der Waals surface area contributed by atoms with Crippen LogP contribution >= 0.6 is 0 Å². The van der Waals surface area contributed by atoms with E-state index in [4.69, 9.17) is 5.73 Å². The zero-order valence-corrected chi connectivity index (χ0v) is 12.7. The average Bonchev–Trinajstić information content (AvgIpc) is 2.75. The molecule has 0 amide bonds. The van der Waals surface area contributed by atoms with E-state index in [1.807, 2.05) is 0 Å². The first-order chi connectivity index (χ1) is 10.1. The van der Waals surface area contributed by atoms with Crippen molar-refractivity contribution in [3.63, 3.8) is 0 Å². The number of nitrogen functional groups attached to an aromatic ring is 1. The lowest BCUT2D eigenvalue weighted by Crippen LogP contribution is -2.52. The molecule has 21 heavy (non-hydrogen) atoms. The third-order valence-corrected chi connectivity index (χ3v) is 6.38. The second kappa shape index (κ2) is 3.82. The van der Waals surface area contributed by atoms with Gasteiger partial charge in [0, 0.05) is 5.54 Å². The monoisotopic (exact) mass is 281 g/mol. The number of fused-ring (bicyclic) bond motifs is 1. The maximum atomic E-state index is 6.40. The van der Waals surface area contributed by atoms with Crippen molar-refractivity contribution >= 4 is 17.0 Å². The zero-order valence-electron chi connectivity index (χ0n) is 12.7. The normalized spacial score (nSPS) is 37.5. The third-order valence-electron chi connectivity index (χ3n) is 6.38. The first kappa shape index (κ1) is 12.1. The lowest BCUT2D eigenvalue weighted by atomic mass is 9.53. The van der Waals surface area contributed by atoms with Crippen LogP contribution in [0.2, 0.25) is 0 Å². The molecule has 3 nitrogen and oxygen atoms in total. The van der Waals surface area contributed by atoms with Crippen LogP contribution in [0.5, 0.6) is 0 Å². The number of anilines is 1. The number of nitrogens with zero attached hydrogens (tertiary/aromatic N) is 2. The summed E-state index contributed by atoms with van der Waals surface area (Å²) in [6.45, 7) is 2.19. The molecule has 0 atom stereocenters. The molecule has 0 unspecified atom stereocenters. The summed E-state index contributed by atoms with van der Waals surface area (Å²) < 4.78 is 2.45. The van der Waals surface area contributed by atoms with E-state index >= 15 is 0 Å². The van der Waals surface area contributed by atoms with E-state index in [0.717, 1.165) is 29.2 Å². The number of para-hydroxylation sites is 1. The molecule has 110 valence electrons. The van der Waals surface area contributed by atoms with E-state index < -0.39 is 0 Å². The van der Waals surface area contributed by atoms with Gasteiger partial charge in [-0.1, -0.05) is 12.1 Å². The Labute approximate surface area is 125 Å². The van der Waals surface area contributed by atoms with E-state index in [1.165, 1.54) is 49.6 Å². The molecule has 0 saturated heterocycles. The van der Waals surface area contributed by atoms with Crippen LogP contribution in [0.15, 0.2) is 18.2 Å². The van der Waals surface area contributed by atoms with Gasteiger partial charge >= 0.3 is 0 Å². The van der Waals surface area contributed by atoms with Gasteiger partial charge in [-0.05, 0) is 74.8 Å². The lowest BCUT2D eigenvalue weighted by molar-refractivity contribution is -0.0399. The highest BCUT2D eigenvalue weighted by Crippen LogP contribution is 2.59. The summed E-state index contributed by atoms with van der Waals surface area (Å²) in [4.78, 5) is 4.67. The zero-order chi connectivity index (χ0) is 14.2. The van der Waals surface area contributed by atoms with Gasteiger partial charge in [-0.25, -0.2) is 4.98 Å². The first-order valence-corrected chi connectivity index (χ1v) is 8.39. The van der Waals surface area contributed by atoms with E-state index in [9.17, 15) is 0 Å². The molecule has 2 N–H and O–H groups in total. The predicted octanol–water partition coefficient (Wildman–Crippen LogP) is 3.85. The molecule has 4 fully saturated rings. The molecule has 4 bridgehead atoms. The Balaban J connectivity index is 1.76. The van der Waals surface area contributed by atoms with Crippen molar-refractivity contribution in [2.75, 3.05) is 5.73 Å². The van der Waals surface area contributed by atoms with E-state index in [2.05, 4.69) is 34.7 Å². The number of aromatic nitrogens is 2. The topological polar surface area (TPSA) is 43.8 Å².